The molecule has 1 aromatic carbocycles. The normalized spacial score (nSPS) is 19.7. The minimum Gasteiger partial charge on any atom is -0.399 e. The molecule has 3 rings (SSSR count). The van der Waals surface area contributed by atoms with Crippen LogP contribution in [0.25, 0.3) is 11.1 Å². The highest BCUT2D eigenvalue weighted by molar-refractivity contribution is 6.62. The van der Waals surface area contributed by atoms with Gasteiger partial charge in [-0.2, -0.15) is 0 Å². The molecule has 0 radical (unpaired) electrons. The molecule has 0 bridgehead atoms. The second-order valence-corrected chi connectivity index (χ2v) is 6.45. The first-order chi connectivity index (χ1) is 9.89. The van der Waals surface area contributed by atoms with Crippen LogP contribution >= 0.6 is 0 Å². The fourth-order valence-electron chi connectivity index (χ4n) is 2.35. The van der Waals surface area contributed by atoms with Gasteiger partial charge in [0.15, 0.2) is 0 Å². The summed E-state index contributed by atoms with van der Waals surface area (Å²) in [6, 6.07) is 12.3. The topological polar surface area (TPSA) is 31.4 Å². The van der Waals surface area contributed by atoms with Gasteiger partial charge in [0.25, 0.3) is 0 Å². The third kappa shape index (κ3) is 2.61. The zero-order valence-electron chi connectivity index (χ0n) is 13.0. The van der Waals surface area contributed by atoms with Crippen LogP contribution in [-0.4, -0.2) is 23.3 Å². The van der Waals surface area contributed by atoms with E-state index in [1.165, 1.54) is 0 Å². The zero-order valence-corrected chi connectivity index (χ0v) is 13.0. The van der Waals surface area contributed by atoms with Gasteiger partial charge in [0.05, 0.1) is 11.2 Å². The quantitative estimate of drug-likeness (QED) is 0.793. The summed E-state index contributed by atoms with van der Waals surface area (Å²) in [5.41, 5.74) is 2.68. The van der Waals surface area contributed by atoms with Crippen LogP contribution in [0.3, 0.4) is 0 Å². The molecule has 4 heteroatoms. The Bertz CT molecular complexity index is 607. The lowest BCUT2D eigenvalue weighted by atomic mass is 9.78. The van der Waals surface area contributed by atoms with Gasteiger partial charge >= 0.3 is 7.12 Å². The predicted octanol–water partition coefficient (Wildman–Crippen LogP) is 3.05. The maximum atomic E-state index is 6.06. The Morgan fingerprint density at radius 3 is 2.00 bits per heavy atom. The lowest BCUT2D eigenvalue weighted by Crippen LogP contribution is -2.41. The molecule has 108 valence electrons. The van der Waals surface area contributed by atoms with Crippen LogP contribution in [0.1, 0.15) is 27.7 Å². The monoisotopic (exact) mass is 281 g/mol. The lowest BCUT2D eigenvalue weighted by molar-refractivity contribution is 0.00578. The highest BCUT2D eigenvalue weighted by Crippen LogP contribution is 2.36. The molecule has 0 spiro atoms. The summed E-state index contributed by atoms with van der Waals surface area (Å²) in [6.45, 7) is 8.27. The molecule has 2 aromatic rings. The molecule has 2 heterocycles. The fourth-order valence-corrected chi connectivity index (χ4v) is 2.35. The third-order valence-electron chi connectivity index (χ3n) is 4.43. The molecular weight excluding hydrogens is 261 g/mol. The maximum Gasteiger partial charge on any atom is 0.494 e. The summed E-state index contributed by atoms with van der Waals surface area (Å²) in [4.78, 5) is 4.15. The Hall–Kier alpha value is -1.65. The van der Waals surface area contributed by atoms with Crippen molar-refractivity contribution in [1.82, 2.24) is 4.98 Å². The second kappa shape index (κ2) is 4.97. The van der Waals surface area contributed by atoms with Crippen LogP contribution in [0, 0.1) is 0 Å². The maximum absolute atomic E-state index is 6.06. The van der Waals surface area contributed by atoms with Gasteiger partial charge in [0.2, 0.25) is 0 Å². The molecule has 1 aromatic heterocycles. The van der Waals surface area contributed by atoms with Crippen molar-refractivity contribution in [3.05, 3.63) is 48.8 Å². The van der Waals surface area contributed by atoms with Crippen LogP contribution in [0.15, 0.2) is 48.8 Å². The van der Waals surface area contributed by atoms with Gasteiger partial charge < -0.3 is 9.31 Å². The second-order valence-electron chi connectivity index (χ2n) is 6.45. The smallest absolute Gasteiger partial charge is 0.399 e. The summed E-state index contributed by atoms with van der Waals surface area (Å²) in [5.74, 6) is 0. The number of aromatic nitrogens is 1. The first-order valence-corrected chi connectivity index (χ1v) is 7.25. The number of hydrogen-bond acceptors (Lipinski definition) is 3. The largest absolute Gasteiger partial charge is 0.494 e. The molecule has 1 fully saturated rings. The van der Waals surface area contributed by atoms with Crippen molar-refractivity contribution >= 4 is 12.6 Å². The minimum absolute atomic E-state index is 0.306. The predicted molar refractivity (Wildman–Crippen MR) is 85.4 cm³/mol. The van der Waals surface area contributed by atoms with E-state index in [0.29, 0.717) is 0 Å². The van der Waals surface area contributed by atoms with Crippen molar-refractivity contribution < 1.29 is 9.31 Å². The highest BCUT2D eigenvalue weighted by Gasteiger charge is 2.51. The van der Waals surface area contributed by atoms with E-state index < -0.39 is 0 Å². The van der Waals surface area contributed by atoms with Crippen LogP contribution in [0.5, 0.6) is 0 Å². The summed E-state index contributed by atoms with van der Waals surface area (Å²) >= 11 is 0. The van der Waals surface area contributed by atoms with Gasteiger partial charge in [-0.1, -0.05) is 30.3 Å². The van der Waals surface area contributed by atoms with E-state index in [9.17, 15) is 0 Å². The molecule has 1 aliphatic rings. The molecule has 1 saturated heterocycles. The van der Waals surface area contributed by atoms with Crippen LogP contribution in [0.2, 0.25) is 0 Å². The first-order valence-electron chi connectivity index (χ1n) is 7.25. The minimum atomic E-state index is -0.307. The molecular formula is C17H20BNO2. The standard InChI is InChI=1S/C17H20BNO2/c1-16(2)17(3,4)21-18(20-16)15-9-7-13(8-10-15)14-6-5-11-19-12-14/h5-12H,1-4H3. The summed E-state index contributed by atoms with van der Waals surface area (Å²) in [7, 11) is -0.307. The fraction of sp³-hybridized carbons (Fsp3) is 0.353. The first kappa shape index (κ1) is 14.3. The lowest BCUT2D eigenvalue weighted by Gasteiger charge is -2.32. The number of rotatable bonds is 2. The molecule has 0 aliphatic carbocycles. The number of benzene rings is 1. The average Bonchev–Trinajstić information content (AvgIpc) is 2.69. The van der Waals surface area contributed by atoms with Crippen LogP contribution in [-0.2, 0) is 9.31 Å². The Morgan fingerprint density at radius 1 is 0.857 bits per heavy atom. The van der Waals surface area contributed by atoms with Crippen molar-refractivity contribution in [3.63, 3.8) is 0 Å². The van der Waals surface area contributed by atoms with Crippen molar-refractivity contribution in [3.8, 4) is 11.1 Å². The van der Waals surface area contributed by atoms with Gasteiger partial charge in [-0.3, -0.25) is 4.98 Å². The Morgan fingerprint density at radius 2 is 1.48 bits per heavy atom. The van der Waals surface area contributed by atoms with E-state index in [1.807, 2.05) is 12.3 Å². The number of nitrogens with zero attached hydrogens (tertiary/aromatic N) is 1. The number of pyridine rings is 1. The van der Waals surface area contributed by atoms with Gasteiger partial charge in [0.1, 0.15) is 0 Å². The molecule has 0 N–H and O–H groups in total. The van der Waals surface area contributed by atoms with Gasteiger partial charge in [0, 0.05) is 12.4 Å². The summed E-state index contributed by atoms with van der Waals surface area (Å²) in [5, 5.41) is 0. The van der Waals surface area contributed by atoms with Crippen molar-refractivity contribution in [2.24, 2.45) is 0 Å². The number of hydrogen-bond donors (Lipinski definition) is 0. The van der Waals surface area contributed by atoms with Gasteiger partial charge in [-0.25, -0.2) is 0 Å². The molecule has 0 unspecified atom stereocenters. The van der Waals surface area contributed by atoms with E-state index >= 15 is 0 Å². The molecule has 3 nitrogen and oxygen atoms in total. The van der Waals surface area contributed by atoms with Crippen molar-refractivity contribution in [1.29, 1.82) is 0 Å². The Labute approximate surface area is 126 Å². The van der Waals surface area contributed by atoms with Gasteiger partial charge in [-0.05, 0) is 50.4 Å². The van der Waals surface area contributed by atoms with Crippen LogP contribution in [0.4, 0.5) is 0 Å². The van der Waals surface area contributed by atoms with E-state index in [1.54, 1.807) is 6.20 Å². The van der Waals surface area contributed by atoms with Crippen molar-refractivity contribution in [2.75, 3.05) is 0 Å². The van der Waals surface area contributed by atoms with E-state index in [0.717, 1.165) is 16.6 Å². The summed E-state index contributed by atoms with van der Waals surface area (Å²) in [6.07, 6.45) is 3.64. The van der Waals surface area contributed by atoms with E-state index in [2.05, 4.69) is 63.0 Å². The summed E-state index contributed by atoms with van der Waals surface area (Å²) < 4.78 is 12.1. The Balaban J connectivity index is 1.83. The molecule has 0 amide bonds. The van der Waals surface area contributed by atoms with Gasteiger partial charge in [-0.15, -0.1) is 0 Å². The zero-order chi connectivity index (χ0) is 15.1. The SMILES string of the molecule is CC1(C)OB(c2ccc(-c3cccnc3)cc2)OC1(C)C. The van der Waals surface area contributed by atoms with Crippen LogP contribution < -0.4 is 5.46 Å². The van der Waals surface area contributed by atoms with Crippen molar-refractivity contribution in [2.45, 2.75) is 38.9 Å². The highest BCUT2D eigenvalue weighted by atomic mass is 16.7. The Kier molecular flexibility index (Phi) is 3.38. The third-order valence-corrected chi connectivity index (χ3v) is 4.43. The average molecular weight is 281 g/mol. The molecule has 0 saturated carbocycles. The molecule has 1 aliphatic heterocycles. The molecule has 0 atom stereocenters. The van der Waals surface area contributed by atoms with E-state index in [4.69, 9.17) is 9.31 Å². The molecule has 21 heavy (non-hydrogen) atoms. The van der Waals surface area contributed by atoms with E-state index in [-0.39, 0.29) is 18.3 Å².